The second-order valence-corrected chi connectivity index (χ2v) is 6.87. The maximum Gasteiger partial charge on any atom is 0.407 e. The lowest BCUT2D eigenvalue weighted by atomic mass is 9.98. The molecule has 2 aromatic rings. The topological polar surface area (TPSA) is 105 Å². The summed E-state index contributed by atoms with van der Waals surface area (Å²) in [5.41, 5.74) is 4.72. The van der Waals surface area contributed by atoms with Crippen LogP contribution in [-0.2, 0) is 14.3 Å². The van der Waals surface area contributed by atoms with E-state index in [1.54, 1.807) is 0 Å². The number of aliphatic carboxylic acids is 1. The van der Waals surface area contributed by atoms with E-state index in [0.29, 0.717) is 25.9 Å². The number of unbranched alkanes of at least 4 members (excludes halogenated alkanes) is 2. The molecule has 0 aromatic heterocycles. The van der Waals surface area contributed by atoms with Crippen LogP contribution in [0.2, 0.25) is 0 Å². The van der Waals surface area contributed by atoms with Crippen LogP contribution < -0.4 is 10.6 Å². The van der Waals surface area contributed by atoms with Crippen LogP contribution in [0, 0.1) is 0 Å². The Morgan fingerprint density at radius 2 is 1.38 bits per heavy atom. The third-order valence-electron chi connectivity index (χ3n) is 4.95. The molecule has 1 aliphatic rings. The van der Waals surface area contributed by atoms with Crippen molar-refractivity contribution in [1.82, 2.24) is 10.6 Å². The van der Waals surface area contributed by atoms with Crippen molar-refractivity contribution in [3.63, 3.8) is 0 Å². The Morgan fingerprint density at radius 1 is 0.828 bits per heavy atom. The number of ether oxygens (including phenoxy) is 1. The Labute approximate surface area is 169 Å². The van der Waals surface area contributed by atoms with Crippen molar-refractivity contribution in [2.45, 2.75) is 25.2 Å². The minimum absolute atomic E-state index is 0.0333. The zero-order valence-electron chi connectivity index (χ0n) is 16.0. The maximum atomic E-state index is 12.0. The summed E-state index contributed by atoms with van der Waals surface area (Å²) in [6.45, 7) is 1.04. The molecule has 152 valence electrons. The summed E-state index contributed by atoms with van der Waals surface area (Å²) in [4.78, 5) is 33.3. The fourth-order valence-corrected chi connectivity index (χ4v) is 3.54. The molecule has 3 rings (SSSR count). The summed E-state index contributed by atoms with van der Waals surface area (Å²) in [5, 5.41) is 13.5. The number of carbonyl (C=O) groups excluding carboxylic acids is 2. The molecule has 0 heterocycles. The third-order valence-corrected chi connectivity index (χ3v) is 4.95. The van der Waals surface area contributed by atoms with E-state index in [1.807, 2.05) is 24.3 Å². The van der Waals surface area contributed by atoms with Crippen LogP contribution in [0.3, 0.4) is 0 Å². The normalized spacial score (nSPS) is 12.0. The van der Waals surface area contributed by atoms with Gasteiger partial charge < -0.3 is 20.5 Å². The van der Waals surface area contributed by atoms with E-state index >= 15 is 0 Å². The summed E-state index contributed by atoms with van der Waals surface area (Å²) in [6, 6.07) is 16.3. The van der Waals surface area contributed by atoms with Gasteiger partial charge in [0, 0.05) is 19.0 Å². The molecular weight excluding hydrogens is 372 g/mol. The molecule has 2 amide bonds. The highest BCUT2D eigenvalue weighted by Gasteiger charge is 2.28. The van der Waals surface area contributed by atoms with Gasteiger partial charge in [-0.1, -0.05) is 48.5 Å². The minimum Gasteiger partial charge on any atom is -0.474 e. The Kier molecular flexibility index (Phi) is 6.84. The number of rotatable bonds is 8. The first-order chi connectivity index (χ1) is 14.1. The molecular formula is C22H24N2O5. The van der Waals surface area contributed by atoms with E-state index in [0.717, 1.165) is 6.42 Å². The Bertz CT molecular complexity index is 851. The minimum atomic E-state index is -1.48. The molecule has 0 atom stereocenters. The van der Waals surface area contributed by atoms with Gasteiger partial charge in [0.15, 0.2) is 0 Å². The summed E-state index contributed by atoms with van der Waals surface area (Å²) < 4.78 is 5.45. The quantitative estimate of drug-likeness (QED) is 0.470. The van der Waals surface area contributed by atoms with Crippen LogP contribution in [0.4, 0.5) is 4.79 Å². The number of benzene rings is 2. The molecule has 7 heteroatoms. The van der Waals surface area contributed by atoms with Crippen molar-refractivity contribution in [3.05, 3.63) is 59.7 Å². The van der Waals surface area contributed by atoms with Crippen LogP contribution in [0.15, 0.2) is 48.5 Å². The number of carboxylic acids is 1. The van der Waals surface area contributed by atoms with E-state index < -0.39 is 18.0 Å². The number of amides is 2. The van der Waals surface area contributed by atoms with Crippen molar-refractivity contribution in [3.8, 4) is 11.1 Å². The van der Waals surface area contributed by atoms with Gasteiger partial charge in [-0.15, -0.1) is 0 Å². The van der Waals surface area contributed by atoms with Crippen LogP contribution in [0.1, 0.15) is 36.3 Å². The van der Waals surface area contributed by atoms with Crippen LogP contribution in [0.25, 0.3) is 11.1 Å². The summed E-state index contributed by atoms with van der Waals surface area (Å²) in [6.07, 6.45) is 1.66. The Hall–Kier alpha value is -3.35. The van der Waals surface area contributed by atoms with E-state index in [9.17, 15) is 14.4 Å². The average molecular weight is 396 g/mol. The molecule has 0 bridgehead atoms. The van der Waals surface area contributed by atoms with E-state index in [2.05, 4.69) is 34.9 Å². The molecule has 0 saturated carbocycles. The van der Waals surface area contributed by atoms with Gasteiger partial charge >= 0.3 is 18.0 Å². The lowest BCUT2D eigenvalue weighted by Crippen LogP contribution is -2.31. The van der Waals surface area contributed by atoms with Crippen LogP contribution >= 0.6 is 0 Å². The van der Waals surface area contributed by atoms with Gasteiger partial charge in [0.2, 0.25) is 0 Å². The van der Waals surface area contributed by atoms with Gasteiger partial charge in [0.05, 0.1) is 0 Å². The molecule has 3 N–H and O–H groups in total. The van der Waals surface area contributed by atoms with Gasteiger partial charge in [0.25, 0.3) is 0 Å². The smallest absolute Gasteiger partial charge is 0.407 e. The second kappa shape index (κ2) is 9.73. The molecule has 0 spiro atoms. The SMILES string of the molecule is O=C(NCCCCCNC(=O)C(=O)O)OCC1c2ccccc2-c2ccccc21. The summed E-state index contributed by atoms with van der Waals surface area (Å²) >= 11 is 0. The lowest BCUT2D eigenvalue weighted by Gasteiger charge is -2.14. The molecule has 29 heavy (non-hydrogen) atoms. The highest BCUT2D eigenvalue weighted by molar-refractivity contribution is 6.31. The summed E-state index contributed by atoms with van der Waals surface area (Å²) in [5.74, 6) is -2.45. The first-order valence-corrected chi connectivity index (χ1v) is 9.68. The molecule has 2 aromatic carbocycles. The van der Waals surface area contributed by atoms with Crippen molar-refractivity contribution < 1.29 is 24.2 Å². The third kappa shape index (κ3) is 5.13. The van der Waals surface area contributed by atoms with Crippen molar-refractivity contribution in [2.75, 3.05) is 19.7 Å². The largest absolute Gasteiger partial charge is 0.474 e. The van der Waals surface area contributed by atoms with Crippen LogP contribution in [0.5, 0.6) is 0 Å². The van der Waals surface area contributed by atoms with Gasteiger partial charge in [0.1, 0.15) is 6.61 Å². The first-order valence-electron chi connectivity index (χ1n) is 9.68. The number of carboxylic acid groups (broad SMARTS) is 1. The number of carbonyl (C=O) groups is 3. The molecule has 0 fully saturated rings. The highest BCUT2D eigenvalue weighted by atomic mass is 16.5. The second-order valence-electron chi connectivity index (χ2n) is 6.87. The zero-order chi connectivity index (χ0) is 20.6. The standard InChI is InChI=1S/C22H24N2O5/c25-20(21(26)27)23-12-6-1-7-13-24-22(28)29-14-19-17-10-4-2-8-15(17)16-9-3-5-11-18(16)19/h2-5,8-11,19H,1,6-7,12-14H2,(H,23,25)(H,24,28)(H,26,27). The fraction of sp³-hybridized carbons (Fsp3) is 0.318. The number of alkyl carbamates (subject to hydrolysis) is 1. The molecule has 0 radical (unpaired) electrons. The number of hydrogen-bond acceptors (Lipinski definition) is 4. The van der Waals surface area contributed by atoms with Gasteiger partial charge in [-0.3, -0.25) is 4.79 Å². The van der Waals surface area contributed by atoms with Gasteiger partial charge in [-0.25, -0.2) is 9.59 Å². The maximum absolute atomic E-state index is 12.0. The van der Waals surface area contributed by atoms with Crippen molar-refractivity contribution in [2.24, 2.45) is 0 Å². The predicted molar refractivity (Wildman–Crippen MR) is 108 cm³/mol. The van der Waals surface area contributed by atoms with E-state index in [-0.39, 0.29) is 12.5 Å². The zero-order valence-corrected chi connectivity index (χ0v) is 16.0. The van der Waals surface area contributed by atoms with E-state index in [1.165, 1.54) is 22.3 Å². The number of nitrogens with one attached hydrogen (secondary N) is 2. The summed E-state index contributed by atoms with van der Waals surface area (Å²) in [7, 11) is 0. The van der Waals surface area contributed by atoms with Crippen molar-refractivity contribution in [1.29, 1.82) is 0 Å². The molecule has 1 aliphatic carbocycles. The number of fused-ring (bicyclic) bond motifs is 3. The van der Waals surface area contributed by atoms with Crippen LogP contribution in [-0.4, -0.2) is 42.8 Å². The Morgan fingerprint density at radius 3 is 1.97 bits per heavy atom. The fourth-order valence-electron chi connectivity index (χ4n) is 3.54. The van der Waals surface area contributed by atoms with Crippen molar-refractivity contribution >= 4 is 18.0 Å². The first kappa shape index (κ1) is 20.4. The average Bonchev–Trinajstić information content (AvgIpc) is 3.05. The molecule has 7 nitrogen and oxygen atoms in total. The van der Waals surface area contributed by atoms with Gasteiger partial charge in [-0.05, 0) is 41.5 Å². The van der Waals surface area contributed by atoms with E-state index in [4.69, 9.17) is 9.84 Å². The lowest BCUT2D eigenvalue weighted by molar-refractivity contribution is -0.150. The monoisotopic (exact) mass is 396 g/mol. The highest BCUT2D eigenvalue weighted by Crippen LogP contribution is 2.44. The molecule has 0 unspecified atom stereocenters. The molecule has 0 aliphatic heterocycles. The Balaban J connectivity index is 1.38. The molecule has 0 saturated heterocycles. The van der Waals surface area contributed by atoms with Gasteiger partial charge in [-0.2, -0.15) is 0 Å². The number of hydrogen-bond donors (Lipinski definition) is 3. The predicted octanol–water partition coefficient (Wildman–Crippen LogP) is 2.90.